The molecular weight excluding hydrogens is 184 g/mol. The van der Waals surface area contributed by atoms with Crippen molar-refractivity contribution in [1.82, 2.24) is 9.80 Å². The van der Waals surface area contributed by atoms with Crippen LogP contribution in [0.5, 0.6) is 0 Å². The van der Waals surface area contributed by atoms with Crippen LogP contribution in [-0.2, 0) is 0 Å². The molecule has 0 amide bonds. The van der Waals surface area contributed by atoms with Crippen molar-refractivity contribution in [2.24, 2.45) is 0 Å². The highest BCUT2D eigenvalue weighted by Crippen LogP contribution is 2.34. The average Bonchev–Trinajstić information content (AvgIpc) is 2.18. The monoisotopic (exact) mass is 210 g/mol. The molecular formula is C13H26N2. The van der Waals surface area contributed by atoms with Gasteiger partial charge in [0.25, 0.3) is 0 Å². The van der Waals surface area contributed by atoms with Gasteiger partial charge in [-0.15, -0.1) is 0 Å². The fourth-order valence-corrected chi connectivity index (χ4v) is 3.27. The van der Waals surface area contributed by atoms with Crippen molar-refractivity contribution >= 4 is 0 Å². The Hall–Kier alpha value is -0.0800. The Morgan fingerprint density at radius 3 is 2.47 bits per heavy atom. The van der Waals surface area contributed by atoms with Gasteiger partial charge >= 0.3 is 0 Å². The molecule has 0 aromatic heterocycles. The van der Waals surface area contributed by atoms with Crippen molar-refractivity contribution in [3.63, 3.8) is 0 Å². The van der Waals surface area contributed by atoms with E-state index >= 15 is 0 Å². The summed E-state index contributed by atoms with van der Waals surface area (Å²) < 4.78 is 0. The van der Waals surface area contributed by atoms with Crippen LogP contribution in [0.2, 0.25) is 0 Å². The molecule has 88 valence electrons. The van der Waals surface area contributed by atoms with E-state index in [1.807, 2.05) is 0 Å². The molecule has 0 bridgehead atoms. The first-order valence-corrected chi connectivity index (χ1v) is 6.66. The Morgan fingerprint density at radius 1 is 1.13 bits per heavy atom. The highest BCUT2D eigenvalue weighted by molar-refractivity contribution is 5.03. The Labute approximate surface area is 94.6 Å². The van der Waals surface area contributed by atoms with Gasteiger partial charge in [-0.3, -0.25) is 9.80 Å². The van der Waals surface area contributed by atoms with Crippen molar-refractivity contribution < 1.29 is 0 Å². The highest BCUT2D eigenvalue weighted by Gasteiger charge is 2.46. The van der Waals surface area contributed by atoms with Crippen LogP contribution < -0.4 is 0 Å². The van der Waals surface area contributed by atoms with E-state index < -0.39 is 0 Å². The molecule has 0 aromatic rings. The molecule has 0 spiro atoms. The molecule has 2 aliphatic rings. The van der Waals surface area contributed by atoms with Gasteiger partial charge in [-0.2, -0.15) is 0 Å². The smallest absolute Gasteiger partial charge is 0.0381 e. The van der Waals surface area contributed by atoms with E-state index in [1.54, 1.807) is 0 Å². The quantitative estimate of drug-likeness (QED) is 0.705. The SMILES string of the molecule is CC[C@@H](C)N1CC2C1CCCN2C(C)C. The van der Waals surface area contributed by atoms with Gasteiger partial charge in [-0.25, -0.2) is 0 Å². The van der Waals surface area contributed by atoms with E-state index in [2.05, 4.69) is 37.5 Å². The lowest BCUT2D eigenvalue weighted by Gasteiger charge is -2.58. The molecule has 0 saturated carbocycles. The number of hydrogen-bond donors (Lipinski definition) is 0. The van der Waals surface area contributed by atoms with Crippen molar-refractivity contribution in [3.8, 4) is 0 Å². The van der Waals surface area contributed by atoms with Crippen LogP contribution in [0.4, 0.5) is 0 Å². The number of nitrogens with zero attached hydrogens (tertiary/aromatic N) is 2. The predicted octanol–water partition coefficient (Wildman–Crippen LogP) is 2.34. The van der Waals surface area contributed by atoms with E-state index in [-0.39, 0.29) is 0 Å². The zero-order chi connectivity index (χ0) is 11.0. The van der Waals surface area contributed by atoms with Crippen molar-refractivity contribution in [1.29, 1.82) is 0 Å². The lowest BCUT2D eigenvalue weighted by Crippen LogP contribution is -2.71. The van der Waals surface area contributed by atoms with Crippen LogP contribution in [0.3, 0.4) is 0 Å². The minimum Gasteiger partial charge on any atom is -0.295 e. The molecule has 2 unspecified atom stereocenters. The average molecular weight is 210 g/mol. The third kappa shape index (κ3) is 1.94. The molecule has 3 atom stereocenters. The molecule has 2 aliphatic heterocycles. The summed E-state index contributed by atoms with van der Waals surface area (Å²) in [6.07, 6.45) is 4.12. The van der Waals surface area contributed by atoms with Crippen LogP contribution in [0, 0.1) is 0 Å². The maximum Gasteiger partial charge on any atom is 0.0381 e. The first kappa shape index (κ1) is 11.4. The predicted molar refractivity (Wildman–Crippen MR) is 65.1 cm³/mol. The van der Waals surface area contributed by atoms with E-state index in [4.69, 9.17) is 0 Å². The maximum absolute atomic E-state index is 2.72. The fourth-order valence-electron chi connectivity index (χ4n) is 3.27. The Morgan fingerprint density at radius 2 is 1.87 bits per heavy atom. The second-order valence-electron chi connectivity index (χ2n) is 5.56. The van der Waals surface area contributed by atoms with Gasteiger partial charge in [0.15, 0.2) is 0 Å². The maximum atomic E-state index is 2.72. The second kappa shape index (κ2) is 4.42. The zero-order valence-corrected chi connectivity index (χ0v) is 10.7. The van der Waals surface area contributed by atoms with Crippen LogP contribution in [0.1, 0.15) is 47.0 Å². The lowest BCUT2D eigenvalue weighted by atomic mass is 9.84. The Balaban J connectivity index is 1.95. The number of rotatable bonds is 3. The summed E-state index contributed by atoms with van der Waals surface area (Å²) >= 11 is 0. The molecule has 15 heavy (non-hydrogen) atoms. The third-order valence-corrected chi connectivity index (χ3v) is 4.43. The van der Waals surface area contributed by atoms with Gasteiger partial charge in [0.05, 0.1) is 0 Å². The summed E-state index contributed by atoms with van der Waals surface area (Å²) in [5.74, 6) is 0. The van der Waals surface area contributed by atoms with Gasteiger partial charge in [0.1, 0.15) is 0 Å². The van der Waals surface area contributed by atoms with Gasteiger partial charge in [-0.1, -0.05) is 6.92 Å². The van der Waals surface area contributed by atoms with Crippen LogP contribution in [0.25, 0.3) is 0 Å². The van der Waals surface area contributed by atoms with Gasteiger partial charge in [0, 0.05) is 30.7 Å². The van der Waals surface area contributed by atoms with Crippen LogP contribution in [-0.4, -0.2) is 47.1 Å². The van der Waals surface area contributed by atoms with E-state index in [0.29, 0.717) is 0 Å². The summed E-state index contributed by atoms with van der Waals surface area (Å²) in [5, 5.41) is 0. The number of fused-ring (bicyclic) bond motifs is 1. The van der Waals surface area contributed by atoms with Gasteiger partial charge < -0.3 is 0 Å². The summed E-state index contributed by atoms with van der Waals surface area (Å²) in [7, 11) is 0. The summed E-state index contributed by atoms with van der Waals surface area (Å²) in [5.41, 5.74) is 0. The van der Waals surface area contributed by atoms with Crippen molar-refractivity contribution in [2.75, 3.05) is 13.1 Å². The minimum atomic E-state index is 0.733. The van der Waals surface area contributed by atoms with E-state index in [1.165, 1.54) is 32.4 Å². The molecule has 0 N–H and O–H groups in total. The molecule has 2 nitrogen and oxygen atoms in total. The molecule has 2 heterocycles. The summed E-state index contributed by atoms with van der Waals surface area (Å²) in [6, 6.07) is 3.26. The topological polar surface area (TPSA) is 6.48 Å². The molecule has 0 radical (unpaired) electrons. The lowest BCUT2D eigenvalue weighted by molar-refractivity contribution is -0.0893. The minimum absolute atomic E-state index is 0.733. The number of likely N-dealkylation sites (tertiary alicyclic amines) is 2. The van der Waals surface area contributed by atoms with E-state index in [0.717, 1.165) is 24.2 Å². The third-order valence-electron chi connectivity index (χ3n) is 4.43. The van der Waals surface area contributed by atoms with Crippen molar-refractivity contribution in [3.05, 3.63) is 0 Å². The molecule has 2 rings (SSSR count). The van der Waals surface area contributed by atoms with Gasteiger partial charge in [-0.05, 0) is 46.6 Å². The summed E-state index contributed by atoms with van der Waals surface area (Å²) in [6.45, 7) is 12.0. The number of piperidine rings is 1. The first-order chi connectivity index (χ1) is 7.15. The highest BCUT2D eigenvalue weighted by atomic mass is 15.4. The van der Waals surface area contributed by atoms with Crippen LogP contribution >= 0.6 is 0 Å². The Kier molecular flexibility index (Phi) is 3.36. The van der Waals surface area contributed by atoms with Crippen molar-refractivity contribution in [2.45, 2.75) is 71.1 Å². The zero-order valence-electron chi connectivity index (χ0n) is 10.7. The Bertz CT molecular complexity index is 215. The summed E-state index contributed by atoms with van der Waals surface area (Å²) in [4.78, 5) is 5.44. The second-order valence-corrected chi connectivity index (χ2v) is 5.56. The van der Waals surface area contributed by atoms with Crippen LogP contribution in [0.15, 0.2) is 0 Å². The van der Waals surface area contributed by atoms with E-state index in [9.17, 15) is 0 Å². The molecule has 2 heteroatoms. The normalized spacial score (nSPS) is 35.0. The number of hydrogen-bond acceptors (Lipinski definition) is 2. The fraction of sp³-hybridized carbons (Fsp3) is 1.00. The molecule has 2 fully saturated rings. The first-order valence-electron chi connectivity index (χ1n) is 6.66. The van der Waals surface area contributed by atoms with Gasteiger partial charge in [0.2, 0.25) is 0 Å². The molecule has 0 aliphatic carbocycles. The molecule has 0 aromatic carbocycles. The largest absolute Gasteiger partial charge is 0.295 e. The standard InChI is InChI=1S/C13H26N2/c1-5-11(4)15-9-13-12(15)7-6-8-14(13)10(2)3/h10-13H,5-9H2,1-4H3/t11-,12?,13?/m1/s1. The molecule has 2 saturated heterocycles.